The topological polar surface area (TPSA) is 54.1 Å². The number of nitrogens with one attached hydrogen (secondary N) is 1. The van der Waals surface area contributed by atoms with E-state index >= 15 is 0 Å². The van der Waals surface area contributed by atoms with Crippen molar-refractivity contribution in [1.82, 2.24) is 0 Å². The van der Waals surface area contributed by atoms with Crippen molar-refractivity contribution in [3.8, 4) is 0 Å². The largest absolute Gasteiger partial charge is 0.267 e. The van der Waals surface area contributed by atoms with Crippen LogP contribution < -0.4 is 5.34 Å². The molecule has 0 aromatic rings. The maximum Gasteiger partial charge on any atom is 0.00366 e. The summed E-state index contributed by atoms with van der Waals surface area (Å²) >= 11 is 0. The SMILES string of the molecule is O=[NH+][O-].[Gd]. The first kappa shape index (κ1) is 8.83. The van der Waals surface area contributed by atoms with Gasteiger partial charge in [-0.1, -0.05) is 0 Å². The van der Waals surface area contributed by atoms with Crippen LogP contribution in [0.5, 0.6) is 0 Å². The molecular formula is HGdNO2. The van der Waals surface area contributed by atoms with Crippen LogP contribution in [0.3, 0.4) is 0 Å². The first-order valence-electron chi connectivity index (χ1n) is 0.408. The molecule has 0 aliphatic carbocycles. The van der Waals surface area contributed by atoms with E-state index in [0.717, 1.165) is 0 Å². The second-order valence-corrected chi connectivity index (χ2v) is 0.0833. The minimum Gasteiger partial charge on any atom is -0.267 e. The Balaban J connectivity index is 0. The summed E-state index contributed by atoms with van der Waals surface area (Å²) < 4.78 is 0. The first-order chi connectivity index (χ1) is 1.41. The fourth-order valence-corrected chi connectivity index (χ4v) is 0. The van der Waals surface area contributed by atoms with Crippen molar-refractivity contribution in [2.45, 2.75) is 0 Å². The van der Waals surface area contributed by atoms with Crippen LogP contribution in [0, 0.1) is 50.1 Å². The van der Waals surface area contributed by atoms with Crippen molar-refractivity contribution < 1.29 is 45.3 Å². The van der Waals surface area contributed by atoms with E-state index in [-0.39, 0.29) is 45.3 Å². The molecule has 26 valence electrons. The molecule has 0 spiro atoms. The average Bonchev–Trinajstić information content (AvgIpc) is 0.918. The Labute approximate surface area is 55.0 Å². The van der Waals surface area contributed by atoms with Crippen LogP contribution in [0.25, 0.3) is 0 Å². The van der Waals surface area contributed by atoms with E-state index in [9.17, 15) is 0 Å². The van der Waals surface area contributed by atoms with Gasteiger partial charge in [0.25, 0.3) is 0 Å². The van der Waals surface area contributed by atoms with Crippen LogP contribution in [-0.4, -0.2) is 0 Å². The van der Waals surface area contributed by atoms with Gasteiger partial charge in [-0.15, -0.1) is 0 Å². The average molecular weight is 204 g/mol. The smallest absolute Gasteiger partial charge is 0.00366 e. The molecule has 0 saturated heterocycles. The molecule has 0 aromatic carbocycles. The fourth-order valence-electron chi connectivity index (χ4n) is 0. The number of rotatable bonds is 0. The molecule has 0 saturated carbocycles. The van der Waals surface area contributed by atoms with Gasteiger partial charge in [-0.2, -0.15) is 0 Å². The van der Waals surface area contributed by atoms with Gasteiger partial charge in [0.2, 0.25) is 0 Å². The van der Waals surface area contributed by atoms with Crippen LogP contribution in [0.2, 0.25) is 0 Å². The Hall–Kier alpha value is 0.725. The summed E-state index contributed by atoms with van der Waals surface area (Å²) in [7, 11) is 0. The van der Waals surface area contributed by atoms with Gasteiger partial charge >= 0.3 is 0 Å². The van der Waals surface area contributed by atoms with Crippen LogP contribution in [0.1, 0.15) is 0 Å². The molecule has 0 bridgehead atoms. The zero-order valence-electron chi connectivity index (χ0n) is 1.67. The molecule has 4 heavy (non-hydrogen) atoms. The molecule has 0 aromatic heterocycles. The number of hydrogen-bond donors (Lipinski definition) is 1. The normalized spacial score (nSPS) is 3.00. The Morgan fingerprint density at radius 1 is 1.75 bits per heavy atom. The maximum atomic E-state index is 8.12. The van der Waals surface area contributed by atoms with Gasteiger partial charge in [-0.05, 0) is 0 Å². The van der Waals surface area contributed by atoms with E-state index in [1.165, 1.54) is 0 Å². The van der Waals surface area contributed by atoms with Crippen molar-refractivity contribution in [1.29, 1.82) is 0 Å². The third-order valence-corrected chi connectivity index (χ3v) is 0. The van der Waals surface area contributed by atoms with Crippen LogP contribution in [0.4, 0.5) is 0 Å². The van der Waals surface area contributed by atoms with Crippen molar-refractivity contribution in [2.75, 3.05) is 0 Å². The fraction of sp³-hybridized carbons (Fsp3) is 0. The number of hydrogen-bond acceptors (Lipinski definition) is 2. The van der Waals surface area contributed by atoms with Crippen LogP contribution in [-0.2, 0) is 0 Å². The second-order valence-electron chi connectivity index (χ2n) is 0.0833. The Morgan fingerprint density at radius 2 is 1.75 bits per heavy atom. The van der Waals surface area contributed by atoms with Gasteiger partial charge in [0.1, 0.15) is 0 Å². The van der Waals surface area contributed by atoms with E-state index < -0.39 is 0 Å². The molecule has 4 heteroatoms. The van der Waals surface area contributed by atoms with E-state index in [4.69, 9.17) is 10.1 Å². The van der Waals surface area contributed by atoms with Gasteiger partial charge < -0.3 is 0 Å². The van der Waals surface area contributed by atoms with Crippen LogP contribution in [0.15, 0.2) is 0 Å². The summed E-state index contributed by atoms with van der Waals surface area (Å²) in [6.45, 7) is 0. The summed E-state index contributed by atoms with van der Waals surface area (Å²) in [5, 5.41) is 8.38. The van der Waals surface area contributed by atoms with Gasteiger partial charge in [0, 0.05) is 45.3 Å². The molecule has 0 radical (unpaired) electrons. The molecule has 0 fully saturated rings. The van der Waals surface area contributed by atoms with Crippen molar-refractivity contribution in [3.63, 3.8) is 0 Å². The molecule has 0 unspecified atom stereocenters. The molecule has 1 N–H and O–H groups in total. The van der Waals surface area contributed by atoms with Gasteiger partial charge in [0.15, 0.2) is 0 Å². The first-order valence-corrected chi connectivity index (χ1v) is 0.408. The van der Waals surface area contributed by atoms with E-state index in [1.54, 1.807) is 0 Å². The zero-order chi connectivity index (χ0) is 2.71. The molecule has 0 heterocycles. The molecule has 0 aliphatic rings. The zero-order valence-corrected chi connectivity index (χ0v) is 3.94. The van der Waals surface area contributed by atoms with Gasteiger partial charge in [0.05, 0.1) is 0 Å². The van der Waals surface area contributed by atoms with Gasteiger partial charge in [-0.25, -0.2) is 0 Å². The third kappa shape index (κ3) is 15.4. The monoisotopic (exact) mass is 205 g/mol. The van der Waals surface area contributed by atoms with Crippen molar-refractivity contribution >= 4 is 0 Å². The summed E-state index contributed by atoms with van der Waals surface area (Å²) in [5.41, 5.74) is 0. The molecule has 0 rings (SSSR count). The Morgan fingerprint density at radius 3 is 1.75 bits per heavy atom. The Kier molecular flexibility index (Phi) is 20.5. The summed E-state index contributed by atoms with van der Waals surface area (Å²) in [4.78, 5) is 8.12. The maximum absolute atomic E-state index is 8.12. The van der Waals surface area contributed by atoms with Gasteiger partial charge in [-0.3, -0.25) is 10.1 Å². The molecular weight excluding hydrogens is 203 g/mol. The van der Waals surface area contributed by atoms with E-state index in [0.29, 0.717) is 0 Å². The summed E-state index contributed by atoms with van der Waals surface area (Å²) in [5.74, 6) is 0. The quantitative estimate of drug-likeness (QED) is 0.379. The predicted octanol–water partition coefficient (Wildman–Crippen LogP) is -1.67. The molecule has 0 aliphatic heterocycles. The minimum absolute atomic E-state index is 0. The van der Waals surface area contributed by atoms with Crippen LogP contribution >= 0.6 is 0 Å². The summed E-state index contributed by atoms with van der Waals surface area (Å²) in [6, 6.07) is 0. The Bertz CT molecular complexity index is 13.5. The van der Waals surface area contributed by atoms with Crippen molar-refractivity contribution in [3.05, 3.63) is 10.1 Å². The predicted molar refractivity (Wildman–Crippen MR) is 7.70 cm³/mol. The molecule has 0 atom stereocenters. The van der Waals surface area contributed by atoms with E-state index in [2.05, 4.69) is 0 Å². The molecule has 0 amide bonds. The summed E-state index contributed by atoms with van der Waals surface area (Å²) in [6.07, 6.45) is 0. The van der Waals surface area contributed by atoms with Crippen molar-refractivity contribution in [2.24, 2.45) is 0 Å². The molecule has 3 nitrogen and oxygen atoms in total. The minimum atomic E-state index is 0. The second kappa shape index (κ2) is 9.30. The van der Waals surface area contributed by atoms with E-state index in [1.807, 2.05) is 0 Å². The standard InChI is InChI=1S/Gd.HNO2/c;2-1-3/h;1H. The third-order valence-electron chi connectivity index (χ3n) is 0.